The van der Waals surface area contributed by atoms with E-state index in [1.165, 1.54) is 18.2 Å². The van der Waals surface area contributed by atoms with E-state index in [-0.39, 0.29) is 13.2 Å². The number of halogens is 3. The van der Waals surface area contributed by atoms with E-state index in [4.69, 9.17) is 32.7 Å². The van der Waals surface area contributed by atoms with Gasteiger partial charge in [0.2, 0.25) is 6.79 Å². The van der Waals surface area contributed by atoms with E-state index in [0.717, 1.165) is 0 Å². The fraction of sp³-hybridized carbons (Fsp3) is 0.200. The molecule has 1 atom stereocenters. The van der Waals surface area contributed by atoms with E-state index in [1.807, 2.05) is 0 Å². The van der Waals surface area contributed by atoms with E-state index < -0.39 is 11.9 Å². The van der Waals surface area contributed by atoms with Gasteiger partial charge in [0.1, 0.15) is 5.82 Å². The molecule has 1 heterocycles. The second kappa shape index (κ2) is 5.72. The number of fused-ring (bicyclic) bond motifs is 1. The summed E-state index contributed by atoms with van der Waals surface area (Å²) in [6, 6.07) is 7.46. The second-order valence-corrected chi connectivity index (χ2v) is 5.54. The normalized spacial score (nSPS) is 14.3. The summed E-state index contributed by atoms with van der Waals surface area (Å²) in [6.45, 7) is 0.0948. The van der Waals surface area contributed by atoms with Gasteiger partial charge >= 0.3 is 0 Å². The molecule has 0 bridgehead atoms. The Morgan fingerprint density at radius 2 is 2.00 bits per heavy atom. The van der Waals surface area contributed by atoms with Crippen molar-refractivity contribution in [1.29, 1.82) is 0 Å². The highest BCUT2D eigenvalue weighted by molar-refractivity contribution is 6.32. The molecule has 0 aliphatic carbocycles. The Kier molecular flexibility index (Phi) is 3.93. The molecule has 2 aromatic rings. The molecule has 1 N–H and O–H groups in total. The highest BCUT2D eigenvalue weighted by Crippen LogP contribution is 2.41. The smallest absolute Gasteiger partial charge is 0.231 e. The molecule has 110 valence electrons. The van der Waals surface area contributed by atoms with E-state index in [2.05, 4.69) is 0 Å². The quantitative estimate of drug-likeness (QED) is 0.920. The van der Waals surface area contributed by atoms with Crippen molar-refractivity contribution in [2.75, 3.05) is 6.79 Å². The molecule has 0 saturated heterocycles. The molecule has 3 nitrogen and oxygen atoms in total. The maximum absolute atomic E-state index is 13.7. The predicted molar refractivity (Wildman–Crippen MR) is 77.6 cm³/mol. The maximum Gasteiger partial charge on any atom is 0.231 e. The predicted octanol–water partition coefficient (Wildman–Crippen LogP) is 4.14. The van der Waals surface area contributed by atoms with Crippen LogP contribution in [0.15, 0.2) is 30.3 Å². The minimum atomic E-state index is -0.926. The monoisotopic (exact) mass is 328 g/mol. The first-order valence-corrected chi connectivity index (χ1v) is 7.01. The van der Waals surface area contributed by atoms with Gasteiger partial charge in [-0.3, -0.25) is 0 Å². The van der Waals surface area contributed by atoms with Gasteiger partial charge < -0.3 is 14.6 Å². The lowest BCUT2D eigenvalue weighted by Gasteiger charge is -2.13. The summed E-state index contributed by atoms with van der Waals surface area (Å²) in [6.07, 6.45) is -0.840. The molecule has 0 fully saturated rings. The Morgan fingerprint density at radius 3 is 2.81 bits per heavy atom. The van der Waals surface area contributed by atoms with Gasteiger partial charge in [-0.25, -0.2) is 4.39 Å². The van der Waals surface area contributed by atoms with Crippen molar-refractivity contribution < 1.29 is 19.0 Å². The Hall–Kier alpha value is -1.49. The molecule has 1 aliphatic rings. The number of benzene rings is 2. The zero-order chi connectivity index (χ0) is 15.0. The van der Waals surface area contributed by atoms with Crippen LogP contribution in [0.3, 0.4) is 0 Å². The van der Waals surface area contributed by atoms with Crippen molar-refractivity contribution in [3.05, 3.63) is 57.3 Å². The minimum absolute atomic E-state index is 0.0857. The van der Waals surface area contributed by atoms with Gasteiger partial charge in [0.25, 0.3) is 0 Å². The zero-order valence-corrected chi connectivity index (χ0v) is 12.3. The fourth-order valence-electron chi connectivity index (χ4n) is 2.21. The molecular weight excluding hydrogens is 318 g/mol. The van der Waals surface area contributed by atoms with Crippen molar-refractivity contribution >= 4 is 23.2 Å². The molecule has 0 aromatic heterocycles. The van der Waals surface area contributed by atoms with Gasteiger partial charge in [0.15, 0.2) is 11.5 Å². The summed E-state index contributed by atoms with van der Waals surface area (Å²) >= 11 is 11.9. The van der Waals surface area contributed by atoms with Crippen molar-refractivity contribution in [1.82, 2.24) is 0 Å². The highest BCUT2D eigenvalue weighted by Gasteiger charge is 2.21. The Morgan fingerprint density at radius 1 is 1.19 bits per heavy atom. The van der Waals surface area contributed by atoms with Crippen molar-refractivity contribution in [2.24, 2.45) is 0 Å². The molecule has 3 rings (SSSR count). The van der Waals surface area contributed by atoms with Crippen LogP contribution in [-0.4, -0.2) is 11.9 Å². The third-order valence-corrected chi connectivity index (χ3v) is 3.77. The molecule has 0 spiro atoms. The average molecular weight is 329 g/mol. The van der Waals surface area contributed by atoms with Gasteiger partial charge in [-0.1, -0.05) is 23.2 Å². The number of aliphatic hydroxyl groups excluding tert-OH is 1. The lowest BCUT2D eigenvalue weighted by molar-refractivity contribution is 0.171. The van der Waals surface area contributed by atoms with Gasteiger partial charge in [0.05, 0.1) is 11.1 Å². The summed E-state index contributed by atoms with van der Waals surface area (Å²) in [5.74, 6) is 0.523. The first-order valence-electron chi connectivity index (χ1n) is 6.25. The van der Waals surface area contributed by atoms with Crippen LogP contribution in [-0.2, 0) is 6.42 Å². The molecule has 2 aromatic carbocycles. The average Bonchev–Trinajstić information content (AvgIpc) is 2.91. The van der Waals surface area contributed by atoms with E-state index in [0.29, 0.717) is 32.7 Å². The number of hydrogen-bond donors (Lipinski definition) is 1. The largest absolute Gasteiger partial charge is 0.454 e. The van der Waals surface area contributed by atoms with Crippen LogP contribution in [0.5, 0.6) is 11.5 Å². The highest BCUT2D eigenvalue weighted by atomic mass is 35.5. The third-order valence-electron chi connectivity index (χ3n) is 3.26. The third kappa shape index (κ3) is 2.93. The van der Waals surface area contributed by atoms with E-state index in [1.54, 1.807) is 12.1 Å². The van der Waals surface area contributed by atoms with Gasteiger partial charge in [-0.2, -0.15) is 0 Å². The molecule has 1 aliphatic heterocycles. The van der Waals surface area contributed by atoms with Crippen LogP contribution in [0.4, 0.5) is 4.39 Å². The summed E-state index contributed by atoms with van der Waals surface area (Å²) in [4.78, 5) is 0. The van der Waals surface area contributed by atoms with Crippen molar-refractivity contribution in [2.45, 2.75) is 12.5 Å². The van der Waals surface area contributed by atoms with Crippen molar-refractivity contribution in [3.8, 4) is 11.5 Å². The molecule has 0 saturated carbocycles. The number of rotatable bonds is 3. The topological polar surface area (TPSA) is 38.7 Å². The molecule has 21 heavy (non-hydrogen) atoms. The summed E-state index contributed by atoms with van der Waals surface area (Å²) in [5.41, 5.74) is 0.868. The SMILES string of the molecule is OC(Cc1cc(Cl)ccc1F)c1cc(Cl)c2c(c1)OCO2. The van der Waals surface area contributed by atoms with Crippen LogP contribution in [0, 0.1) is 5.82 Å². The summed E-state index contributed by atoms with van der Waals surface area (Å²) < 4.78 is 24.2. The van der Waals surface area contributed by atoms with Gasteiger partial charge in [-0.15, -0.1) is 0 Å². The molecular formula is C15H11Cl2FO3. The zero-order valence-electron chi connectivity index (χ0n) is 10.8. The van der Waals surface area contributed by atoms with Crippen LogP contribution in [0.1, 0.15) is 17.2 Å². The lowest BCUT2D eigenvalue weighted by Crippen LogP contribution is -2.04. The first-order chi connectivity index (χ1) is 10.0. The van der Waals surface area contributed by atoms with E-state index >= 15 is 0 Å². The van der Waals surface area contributed by atoms with Gasteiger partial charge in [-0.05, 0) is 41.5 Å². The minimum Gasteiger partial charge on any atom is -0.454 e. The Labute approximate surface area is 130 Å². The Balaban J connectivity index is 1.87. The standard InChI is InChI=1S/C15H11Cl2FO3/c16-10-1-2-12(18)8(3-10)5-13(19)9-4-11(17)15-14(6-9)20-7-21-15/h1-4,6,13,19H,5,7H2. The number of aliphatic hydroxyl groups is 1. The lowest BCUT2D eigenvalue weighted by atomic mass is 10.0. The second-order valence-electron chi connectivity index (χ2n) is 4.69. The van der Waals surface area contributed by atoms with Crippen molar-refractivity contribution in [3.63, 3.8) is 0 Å². The van der Waals surface area contributed by atoms with Crippen LogP contribution < -0.4 is 9.47 Å². The molecule has 0 amide bonds. The van der Waals surface area contributed by atoms with Gasteiger partial charge in [0, 0.05) is 11.4 Å². The van der Waals surface area contributed by atoms with Crippen LogP contribution in [0.2, 0.25) is 10.0 Å². The molecule has 0 radical (unpaired) electrons. The Bertz CT molecular complexity index is 691. The number of ether oxygens (including phenoxy) is 2. The molecule has 6 heteroatoms. The van der Waals surface area contributed by atoms with Crippen LogP contribution >= 0.6 is 23.2 Å². The summed E-state index contributed by atoms with van der Waals surface area (Å²) in [5, 5.41) is 11.1. The maximum atomic E-state index is 13.7. The fourth-order valence-corrected chi connectivity index (χ4v) is 2.67. The van der Waals surface area contributed by atoms with E-state index in [9.17, 15) is 9.50 Å². The summed E-state index contributed by atoms with van der Waals surface area (Å²) in [7, 11) is 0. The first kappa shape index (κ1) is 14.4. The number of hydrogen-bond acceptors (Lipinski definition) is 3. The molecule has 1 unspecified atom stereocenters. The van der Waals surface area contributed by atoms with Crippen LogP contribution in [0.25, 0.3) is 0 Å².